The van der Waals surface area contributed by atoms with Crippen LogP contribution in [0.25, 0.3) is 33.6 Å². The van der Waals surface area contributed by atoms with E-state index in [0.29, 0.717) is 0 Å². The zero-order valence-corrected chi connectivity index (χ0v) is 22.0. The molecule has 0 aliphatic carbocycles. The number of anilines is 2. The van der Waals surface area contributed by atoms with E-state index in [4.69, 9.17) is 21.2 Å². The van der Waals surface area contributed by atoms with Crippen LogP contribution in [0.3, 0.4) is 0 Å². The van der Waals surface area contributed by atoms with Gasteiger partial charge in [-0.15, -0.1) is 0 Å². The summed E-state index contributed by atoms with van der Waals surface area (Å²) in [6, 6.07) is 28.3. The van der Waals surface area contributed by atoms with Gasteiger partial charge in [-0.2, -0.15) is 0 Å². The molecule has 0 aliphatic rings. The Balaban J connectivity index is 1.44. The number of nitrogens with two attached hydrogens (primary N) is 2. The minimum atomic E-state index is 0.737. The Hall–Kier alpha value is -3.79. The number of nitrogens with zero attached hydrogens (tertiary/aromatic N) is 1. The van der Waals surface area contributed by atoms with Crippen LogP contribution < -0.4 is 16.2 Å². The number of benzene rings is 3. The quantitative estimate of drug-likeness (QED) is 0.144. The number of pyridine rings is 1. The molecule has 0 radical (unpaired) electrons. The summed E-state index contributed by atoms with van der Waals surface area (Å²) in [6.07, 6.45) is 10.4. The molecule has 0 unspecified atom stereocenters. The van der Waals surface area contributed by atoms with Gasteiger partial charge in [-0.25, -0.2) is 4.98 Å². The Bertz CT molecular complexity index is 1170. The van der Waals surface area contributed by atoms with Gasteiger partial charge in [-0.05, 0) is 66.1 Å². The molecule has 0 spiro atoms. The third-order valence-corrected chi connectivity index (χ3v) is 6.69. The molecule has 0 fully saturated rings. The van der Waals surface area contributed by atoms with Crippen LogP contribution in [0.2, 0.25) is 0 Å². The van der Waals surface area contributed by atoms with E-state index in [2.05, 4.69) is 43.3 Å². The van der Waals surface area contributed by atoms with Crippen molar-refractivity contribution in [1.29, 1.82) is 0 Å². The third kappa shape index (κ3) is 7.85. The average Bonchev–Trinajstić information content (AvgIpc) is 2.93. The van der Waals surface area contributed by atoms with E-state index in [1.165, 1.54) is 44.9 Å². The van der Waals surface area contributed by atoms with Gasteiger partial charge in [0.1, 0.15) is 5.75 Å². The number of unbranched alkanes of at least 4 members (excludes halogenated alkanes) is 7. The maximum Gasteiger partial charge on any atom is 0.119 e. The summed E-state index contributed by atoms with van der Waals surface area (Å²) >= 11 is 0. The molecule has 0 atom stereocenters. The smallest absolute Gasteiger partial charge is 0.119 e. The lowest BCUT2D eigenvalue weighted by Crippen LogP contribution is -1.97. The molecule has 4 heteroatoms. The highest BCUT2D eigenvalue weighted by molar-refractivity contribution is 5.77. The van der Waals surface area contributed by atoms with Gasteiger partial charge >= 0.3 is 0 Å². The number of aromatic nitrogens is 1. The second-order valence-corrected chi connectivity index (χ2v) is 9.72. The van der Waals surface area contributed by atoms with E-state index < -0.39 is 0 Å². The highest BCUT2D eigenvalue weighted by Gasteiger charge is 2.10. The molecule has 192 valence electrons. The molecule has 4 aromatic rings. The minimum absolute atomic E-state index is 0.737. The molecular weight excluding hydrogens is 454 g/mol. The molecule has 0 aliphatic heterocycles. The Morgan fingerprint density at radius 1 is 0.541 bits per heavy atom. The number of hydrogen-bond donors (Lipinski definition) is 2. The van der Waals surface area contributed by atoms with Crippen LogP contribution in [-0.4, -0.2) is 11.6 Å². The van der Waals surface area contributed by atoms with E-state index in [1.807, 2.05) is 48.5 Å². The molecule has 0 saturated carbocycles. The molecule has 3 aromatic carbocycles. The molecule has 4 rings (SSSR count). The van der Waals surface area contributed by atoms with Crippen molar-refractivity contribution in [2.75, 3.05) is 18.1 Å². The Labute approximate surface area is 221 Å². The van der Waals surface area contributed by atoms with Crippen molar-refractivity contribution in [1.82, 2.24) is 4.98 Å². The summed E-state index contributed by atoms with van der Waals surface area (Å²) in [5, 5.41) is 0. The zero-order valence-electron chi connectivity index (χ0n) is 22.0. The first kappa shape index (κ1) is 26.3. The van der Waals surface area contributed by atoms with E-state index in [-0.39, 0.29) is 0 Å². The lowest BCUT2D eigenvalue weighted by atomic mass is 9.99. The van der Waals surface area contributed by atoms with Crippen molar-refractivity contribution >= 4 is 11.4 Å². The normalized spacial score (nSPS) is 10.9. The first-order chi connectivity index (χ1) is 18.1. The summed E-state index contributed by atoms with van der Waals surface area (Å²) < 4.78 is 6.01. The van der Waals surface area contributed by atoms with E-state index in [1.54, 1.807) is 0 Å². The Morgan fingerprint density at radius 3 is 1.51 bits per heavy atom. The van der Waals surface area contributed by atoms with Crippen LogP contribution in [0.5, 0.6) is 5.75 Å². The third-order valence-electron chi connectivity index (χ3n) is 6.69. The van der Waals surface area contributed by atoms with E-state index in [0.717, 1.165) is 63.8 Å². The average molecular weight is 494 g/mol. The van der Waals surface area contributed by atoms with Gasteiger partial charge in [0.25, 0.3) is 0 Å². The minimum Gasteiger partial charge on any atom is -0.494 e. The van der Waals surface area contributed by atoms with Gasteiger partial charge in [-0.3, -0.25) is 0 Å². The van der Waals surface area contributed by atoms with Crippen molar-refractivity contribution in [3.05, 3.63) is 84.9 Å². The van der Waals surface area contributed by atoms with Gasteiger partial charge in [0.15, 0.2) is 0 Å². The van der Waals surface area contributed by atoms with Gasteiger partial charge in [0.2, 0.25) is 0 Å². The predicted octanol–water partition coefficient (Wildman–Crippen LogP) is 8.77. The van der Waals surface area contributed by atoms with Crippen molar-refractivity contribution in [2.45, 2.75) is 58.3 Å². The van der Waals surface area contributed by atoms with E-state index >= 15 is 0 Å². The standard InChI is InChI=1S/C33H39N3O/c1-2-3-4-5-6-7-8-9-22-37-31-20-14-25(15-21-31)28-23-32(26-10-16-29(34)17-11-26)36-33(24-28)27-12-18-30(35)19-13-27/h10-21,23-24H,2-9,22,34-35H2,1H3. The Morgan fingerprint density at radius 2 is 1.00 bits per heavy atom. The van der Waals surface area contributed by atoms with E-state index in [9.17, 15) is 0 Å². The van der Waals surface area contributed by atoms with Crippen LogP contribution in [0, 0.1) is 0 Å². The highest BCUT2D eigenvalue weighted by Crippen LogP contribution is 2.31. The Kier molecular flexibility index (Phi) is 9.59. The largest absolute Gasteiger partial charge is 0.494 e. The maximum absolute atomic E-state index is 6.01. The van der Waals surface area contributed by atoms with Crippen molar-refractivity contribution in [3.63, 3.8) is 0 Å². The number of nitrogen functional groups attached to an aromatic ring is 2. The molecule has 37 heavy (non-hydrogen) atoms. The number of hydrogen-bond acceptors (Lipinski definition) is 4. The summed E-state index contributed by atoms with van der Waals surface area (Å²) in [5.74, 6) is 0.915. The molecule has 0 amide bonds. The second-order valence-electron chi connectivity index (χ2n) is 9.72. The monoisotopic (exact) mass is 493 g/mol. The first-order valence-corrected chi connectivity index (χ1v) is 13.6. The van der Waals surface area contributed by atoms with Gasteiger partial charge in [0.05, 0.1) is 18.0 Å². The predicted molar refractivity (Wildman–Crippen MR) is 157 cm³/mol. The molecule has 4 N–H and O–H groups in total. The van der Waals surface area contributed by atoms with Crippen LogP contribution >= 0.6 is 0 Å². The van der Waals surface area contributed by atoms with Gasteiger partial charge in [0, 0.05) is 22.5 Å². The SMILES string of the molecule is CCCCCCCCCCOc1ccc(-c2cc(-c3ccc(N)cc3)nc(-c3ccc(N)cc3)c2)cc1. The first-order valence-electron chi connectivity index (χ1n) is 13.6. The fourth-order valence-electron chi connectivity index (χ4n) is 4.47. The van der Waals surface area contributed by atoms with Crippen molar-refractivity contribution in [2.24, 2.45) is 0 Å². The van der Waals surface area contributed by atoms with Crippen molar-refractivity contribution in [3.8, 4) is 39.4 Å². The fraction of sp³-hybridized carbons (Fsp3) is 0.303. The molecular formula is C33H39N3O. The number of rotatable bonds is 13. The summed E-state index contributed by atoms with van der Waals surface area (Å²) in [4.78, 5) is 4.96. The molecule has 1 aromatic heterocycles. The lowest BCUT2D eigenvalue weighted by molar-refractivity contribution is 0.304. The van der Waals surface area contributed by atoms with Crippen LogP contribution in [0.1, 0.15) is 58.3 Å². The van der Waals surface area contributed by atoms with Crippen LogP contribution in [0.4, 0.5) is 11.4 Å². The molecule has 0 bridgehead atoms. The van der Waals surface area contributed by atoms with Gasteiger partial charge < -0.3 is 16.2 Å². The second kappa shape index (κ2) is 13.5. The highest BCUT2D eigenvalue weighted by atomic mass is 16.5. The van der Waals surface area contributed by atoms with Gasteiger partial charge in [-0.1, -0.05) is 88.3 Å². The fourth-order valence-corrected chi connectivity index (χ4v) is 4.47. The maximum atomic E-state index is 6.01. The van der Waals surface area contributed by atoms with Crippen molar-refractivity contribution < 1.29 is 4.74 Å². The lowest BCUT2D eigenvalue weighted by Gasteiger charge is -2.12. The van der Waals surface area contributed by atoms with Crippen LogP contribution in [-0.2, 0) is 0 Å². The van der Waals surface area contributed by atoms with Crippen LogP contribution in [0.15, 0.2) is 84.9 Å². The molecule has 4 nitrogen and oxygen atoms in total. The topological polar surface area (TPSA) is 74.2 Å². The molecule has 0 saturated heterocycles. The summed E-state index contributed by atoms with van der Waals surface area (Å²) in [5.41, 5.74) is 19.4. The summed E-state index contributed by atoms with van der Waals surface area (Å²) in [7, 11) is 0. The zero-order chi connectivity index (χ0) is 25.9. The summed E-state index contributed by atoms with van der Waals surface area (Å²) in [6.45, 7) is 3.03. The number of ether oxygens (including phenoxy) is 1. The molecule has 1 heterocycles.